The van der Waals surface area contributed by atoms with Crippen molar-refractivity contribution in [3.63, 3.8) is 0 Å². The lowest BCUT2D eigenvalue weighted by molar-refractivity contribution is -0.138. The second-order valence-electron chi connectivity index (χ2n) is 5.00. The van der Waals surface area contributed by atoms with Gasteiger partial charge in [-0.15, -0.1) is 11.3 Å². The fraction of sp³-hybridized carbons (Fsp3) is 0.583. The van der Waals surface area contributed by atoms with Crippen molar-refractivity contribution >= 4 is 27.3 Å². The highest BCUT2D eigenvalue weighted by Gasteiger charge is 2.34. The summed E-state index contributed by atoms with van der Waals surface area (Å²) < 4.78 is 32.4. The van der Waals surface area contributed by atoms with E-state index in [0.717, 1.165) is 16.2 Å². The summed E-state index contributed by atoms with van der Waals surface area (Å²) in [6, 6.07) is 1.78. The number of hydrogen-bond donors (Lipinski definition) is 2. The Morgan fingerprint density at radius 2 is 2.10 bits per heavy atom. The van der Waals surface area contributed by atoms with Crippen LogP contribution in [0, 0.1) is 13.8 Å². The molecule has 114 valence electrons. The summed E-state index contributed by atoms with van der Waals surface area (Å²) in [6.45, 7) is 5.02. The molecule has 0 aliphatic heterocycles. The van der Waals surface area contributed by atoms with E-state index < -0.39 is 21.5 Å². The number of ether oxygens (including phenoxy) is 1. The molecule has 1 aromatic rings. The molecule has 8 heteroatoms. The predicted molar refractivity (Wildman–Crippen MR) is 76.6 cm³/mol. The third-order valence-corrected chi connectivity index (χ3v) is 6.05. The van der Waals surface area contributed by atoms with Gasteiger partial charge in [0.25, 0.3) is 10.0 Å². The molecule has 1 rings (SSSR count). The van der Waals surface area contributed by atoms with Gasteiger partial charge in [0.05, 0.1) is 18.6 Å². The Morgan fingerprint density at radius 1 is 1.50 bits per heavy atom. The molecule has 2 N–H and O–H groups in total. The quantitative estimate of drug-likeness (QED) is 0.794. The molecule has 1 unspecified atom stereocenters. The summed E-state index contributed by atoms with van der Waals surface area (Å²) in [5.41, 5.74) is -0.542. The maximum atomic E-state index is 12.4. The standard InChI is InChI=1S/C12H19NO5S2/c1-8-5-9(2)19-11(8)20(16,17)13-12(3,7-18-4)6-10(14)15/h5,13H,6-7H2,1-4H3,(H,14,15). The third kappa shape index (κ3) is 4.27. The Morgan fingerprint density at radius 3 is 2.50 bits per heavy atom. The fourth-order valence-corrected chi connectivity index (χ4v) is 5.09. The van der Waals surface area contributed by atoms with Crippen LogP contribution in [0.4, 0.5) is 0 Å². The van der Waals surface area contributed by atoms with Crippen molar-refractivity contribution in [2.45, 2.75) is 36.9 Å². The van der Waals surface area contributed by atoms with Crippen molar-refractivity contribution in [1.29, 1.82) is 0 Å². The van der Waals surface area contributed by atoms with Gasteiger partial charge in [-0.25, -0.2) is 13.1 Å². The molecular weight excluding hydrogens is 302 g/mol. The second kappa shape index (κ2) is 6.21. The highest BCUT2D eigenvalue weighted by atomic mass is 32.2. The van der Waals surface area contributed by atoms with Crippen LogP contribution < -0.4 is 4.72 Å². The largest absolute Gasteiger partial charge is 0.481 e. The van der Waals surface area contributed by atoms with Crippen LogP contribution in [0.2, 0.25) is 0 Å². The van der Waals surface area contributed by atoms with Gasteiger partial charge >= 0.3 is 5.97 Å². The second-order valence-corrected chi connectivity index (χ2v) is 8.13. The van der Waals surface area contributed by atoms with E-state index in [1.807, 2.05) is 6.92 Å². The number of rotatable bonds is 7. The van der Waals surface area contributed by atoms with E-state index in [9.17, 15) is 13.2 Å². The van der Waals surface area contributed by atoms with E-state index in [1.54, 1.807) is 13.0 Å². The molecule has 0 radical (unpaired) electrons. The minimum absolute atomic E-state index is 0.0259. The third-order valence-electron chi connectivity index (χ3n) is 2.62. The average Bonchev–Trinajstić information content (AvgIpc) is 2.56. The van der Waals surface area contributed by atoms with E-state index in [4.69, 9.17) is 9.84 Å². The minimum atomic E-state index is -3.77. The first kappa shape index (κ1) is 17.1. The van der Waals surface area contributed by atoms with Crippen molar-refractivity contribution in [3.05, 3.63) is 16.5 Å². The van der Waals surface area contributed by atoms with Crippen LogP contribution in [-0.2, 0) is 19.6 Å². The molecule has 0 spiro atoms. The zero-order valence-corrected chi connectivity index (χ0v) is 13.5. The molecular formula is C12H19NO5S2. The molecule has 1 aromatic heterocycles. The van der Waals surface area contributed by atoms with E-state index in [1.165, 1.54) is 14.0 Å². The van der Waals surface area contributed by atoms with Gasteiger partial charge in [0, 0.05) is 12.0 Å². The van der Waals surface area contributed by atoms with E-state index in [2.05, 4.69) is 4.72 Å². The first-order valence-corrected chi connectivity index (χ1v) is 8.21. The molecule has 1 heterocycles. The molecule has 6 nitrogen and oxygen atoms in total. The Balaban J connectivity index is 3.09. The smallest absolute Gasteiger partial charge is 0.305 e. The van der Waals surface area contributed by atoms with Crippen molar-refractivity contribution in [1.82, 2.24) is 4.72 Å². The number of methoxy groups -OCH3 is 1. The van der Waals surface area contributed by atoms with Crippen LogP contribution in [0.5, 0.6) is 0 Å². The number of aryl methyl sites for hydroxylation is 2. The van der Waals surface area contributed by atoms with Crippen molar-refractivity contribution in [2.24, 2.45) is 0 Å². The van der Waals surface area contributed by atoms with Crippen LogP contribution in [0.25, 0.3) is 0 Å². The van der Waals surface area contributed by atoms with E-state index >= 15 is 0 Å². The van der Waals surface area contributed by atoms with Gasteiger partial charge in [0.15, 0.2) is 0 Å². The summed E-state index contributed by atoms with van der Waals surface area (Å²) in [6.07, 6.45) is -0.358. The summed E-state index contributed by atoms with van der Waals surface area (Å²) in [4.78, 5) is 11.8. The van der Waals surface area contributed by atoms with Gasteiger partial charge < -0.3 is 9.84 Å². The molecule has 1 atom stereocenters. The number of nitrogens with one attached hydrogen (secondary N) is 1. The topological polar surface area (TPSA) is 92.7 Å². The summed E-state index contributed by atoms with van der Waals surface area (Å²) in [7, 11) is -2.37. The zero-order chi connectivity index (χ0) is 15.6. The highest BCUT2D eigenvalue weighted by Crippen LogP contribution is 2.27. The Bertz CT molecular complexity index is 593. The molecule has 0 aliphatic rings. The molecule has 0 saturated heterocycles. The molecule has 0 aliphatic carbocycles. The summed E-state index contributed by atoms with van der Waals surface area (Å²) in [5.74, 6) is -1.09. The number of hydrogen-bond acceptors (Lipinski definition) is 5. The van der Waals surface area contributed by atoms with Gasteiger partial charge in [0.2, 0.25) is 0 Å². The first-order valence-electron chi connectivity index (χ1n) is 5.91. The number of sulfonamides is 1. The average molecular weight is 321 g/mol. The summed E-state index contributed by atoms with van der Waals surface area (Å²) >= 11 is 1.16. The molecule has 0 bridgehead atoms. The number of aliphatic carboxylic acids is 1. The van der Waals surface area contributed by atoms with Crippen molar-refractivity contribution < 1.29 is 23.1 Å². The minimum Gasteiger partial charge on any atom is -0.481 e. The van der Waals surface area contributed by atoms with Gasteiger partial charge in [-0.2, -0.15) is 0 Å². The number of carbonyl (C=O) groups is 1. The maximum absolute atomic E-state index is 12.4. The molecule has 0 amide bonds. The van der Waals surface area contributed by atoms with Gasteiger partial charge in [-0.3, -0.25) is 4.79 Å². The molecule has 0 aromatic carbocycles. The zero-order valence-electron chi connectivity index (χ0n) is 11.9. The van der Waals surface area contributed by atoms with Crippen molar-refractivity contribution in [2.75, 3.05) is 13.7 Å². The molecule has 0 saturated carbocycles. The van der Waals surface area contributed by atoms with Gasteiger partial charge in [0.1, 0.15) is 4.21 Å². The van der Waals surface area contributed by atoms with Crippen LogP contribution in [0.3, 0.4) is 0 Å². The highest BCUT2D eigenvalue weighted by molar-refractivity contribution is 7.91. The normalized spacial score (nSPS) is 15.0. The number of thiophene rings is 1. The van der Waals surface area contributed by atoms with Gasteiger partial charge in [-0.05, 0) is 32.4 Å². The van der Waals surface area contributed by atoms with E-state index in [-0.39, 0.29) is 17.2 Å². The molecule has 20 heavy (non-hydrogen) atoms. The predicted octanol–water partition coefficient (Wildman–Crippen LogP) is 1.52. The first-order chi connectivity index (χ1) is 9.09. The monoisotopic (exact) mass is 321 g/mol. The van der Waals surface area contributed by atoms with Crippen molar-refractivity contribution in [3.8, 4) is 0 Å². The van der Waals surface area contributed by atoms with Gasteiger partial charge in [-0.1, -0.05) is 0 Å². The lowest BCUT2D eigenvalue weighted by atomic mass is 10.0. The van der Waals surface area contributed by atoms with Crippen LogP contribution >= 0.6 is 11.3 Å². The van der Waals surface area contributed by atoms with Crippen LogP contribution in [0.1, 0.15) is 23.8 Å². The molecule has 0 fully saturated rings. The number of carboxylic acids is 1. The van der Waals surface area contributed by atoms with E-state index in [0.29, 0.717) is 5.56 Å². The Kier molecular flexibility index (Phi) is 5.31. The SMILES string of the molecule is COCC(C)(CC(=O)O)NS(=O)(=O)c1sc(C)cc1C. The Labute approximate surface area is 122 Å². The fourth-order valence-electron chi connectivity index (χ4n) is 2.03. The number of carboxylic acid groups (broad SMARTS) is 1. The van der Waals surface area contributed by atoms with Crippen LogP contribution in [-0.4, -0.2) is 38.7 Å². The van der Waals surface area contributed by atoms with Crippen LogP contribution in [0.15, 0.2) is 10.3 Å². The lowest BCUT2D eigenvalue weighted by Gasteiger charge is -2.27. The lowest BCUT2D eigenvalue weighted by Crippen LogP contribution is -2.50. The summed E-state index contributed by atoms with van der Waals surface area (Å²) in [5, 5.41) is 8.91. The Hall–Kier alpha value is -0.960. The maximum Gasteiger partial charge on any atom is 0.305 e.